The monoisotopic (exact) mass is 281 g/mol. The number of anilines is 1. The average Bonchev–Trinajstić information content (AvgIpc) is 2.40. The number of hydrogen-bond acceptors (Lipinski definition) is 3. The number of carboxylic acids is 1. The van der Waals surface area contributed by atoms with Crippen LogP contribution in [0.4, 0.5) is 15.0 Å². The molecule has 20 heavy (non-hydrogen) atoms. The average molecular weight is 281 g/mol. The summed E-state index contributed by atoms with van der Waals surface area (Å²) in [6.45, 7) is 2.58. The van der Waals surface area contributed by atoms with Crippen molar-refractivity contribution in [1.29, 1.82) is 0 Å². The normalized spacial score (nSPS) is 22.4. The summed E-state index contributed by atoms with van der Waals surface area (Å²) in [5, 5.41) is 11.6. The summed E-state index contributed by atoms with van der Waals surface area (Å²) in [5.41, 5.74) is 0. The first-order valence-corrected chi connectivity index (χ1v) is 6.36. The van der Waals surface area contributed by atoms with Crippen LogP contribution >= 0.6 is 0 Å². The van der Waals surface area contributed by atoms with Gasteiger partial charge in [-0.25, -0.2) is 14.2 Å². The van der Waals surface area contributed by atoms with E-state index in [0.29, 0.717) is 13.0 Å². The van der Waals surface area contributed by atoms with Gasteiger partial charge in [0, 0.05) is 13.1 Å². The standard InChI is InChI=1S/C13H16FN3O3/c1-8-4-9(12(18)19)7-17(6-8)13(20)16-11-3-2-10(14)5-15-11/h2-3,5,8-9H,4,6-7H2,1H3,(H,18,19)(H,15,16,20). The molecule has 2 amide bonds. The molecule has 2 heterocycles. The minimum atomic E-state index is -0.894. The highest BCUT2D eigenvalue weighted by Crippen LogP contribution is 2.22. The van der Waals surface area contributed by atoms with Gasteiger partial charge >= 0.3 is 12.0 Å². The number of halogens is 1. The van der Waals surface area contributed by atoms with Gasteiger partial charge in [-0.2, -0.15) is 0 Å². The van der Waals surface area contributed by atoms with Gasteiger partial charge in [-0.1, -0.05) is 6.92 Å². The summed E-state index contributed by atoms with van der Waals surface area (Å²) in [6, 6.07) is 2.14. The van der Waals surface area contributed by atoms with Crippen LogP contribution in [0.2, 0.25) is 0 Å². The Bertz CT molecular complexity index is 506. The summed E-state index contributed by atoms with van der Waals surface area (Å²) in [7, 11) is 0. The second-order valence-corrected chi connectivity index (χ2v) is 5.07. The second-order valence-electron chi connectivity index (χ2n) is 5.07. The molecule has 0 radical (unpaired) electrons. The maximum Gasteiger partial charge on any atom is 0.323 e. The van der Waals surface area contributed by atoms with Crippen LogP contribution in [0, 0.1) is 17.7 Å². The summed E-state index contributed by atoms with van der Waals surface area (Å²) < 4.78 is 12.7. The third kappa shape index (κ3) is 3.43. The van der Waals surface area contributed by atoms with Gasteiger partial charge in [0.15, 0.2) is 0 Å². The van der Waals surface area contributed by atoms with Crippen molar-refractivity contribution in [1.82, 2.24) is 9.88 Å². The van der Waals surface area contributed by atoms with Crippen molar-refractivity contribution in [3.05, 3.63) is 24.1 Å². The van der Waals surface area contributed by atoms with Crippen molar-refractivity contribution < 1.29 is 19.1 Å². The lowest BCUT2D eigenvalue weighted by Crippen LogP contribution is -2.47. The van der Waals surface area contributed by atoms with Crippen molar-refractivity contribution >= 4 is 17.8 Å². The Morgan fingerprint density at radius 2 is 2.20 bits per heavy atom. The molecule has 2 unspecified atom stereocenters. The van der Waals surface area contributed by atoms with Crippen molar-refractivity contribution in [2.75, 3.05) is 18.4 Å². The Labute approximate surface area is 115 Å². The van der Waals surface area contributed by atoms with Crippen molar-refractivity contribution in [3.63, 3.8) is 0 Å². The van der Waals surface area contributed by atoms with Gasteiger partial charge in [0.1, 0.15) is 11.6 Å². The molecule has 6 nitrogen and oxygen atoms in total. The van der Waals surface area contributed by atoms with Crippen LogP contribution in [0.25, 0.3) is 0 Å². The van der Waals surface area contributed by atoms with Crippen LogP contribution in [0.1, 0.15) is 13.3 Å². The number of nitrogens with one attached hydrogen (secondary N) is 1. The Morgan fingerprint density at radius 3 is 2.80 bits per heavy atom. The van der Waals surface area contributed by atoms with Gasteiger partial charge in [0.25, 0.3) is 0 Å². The van der Waals surface area contributed by atoms with Crippen LogP contribution < -0.4 is 5.32 Å². The van der Waals surface area contributed by atoms with E-state index in [-0.39, 0.29) is 18.3 Å². The Kier molecular flexibility index (Phi) is 4.16. The number of carbonyl (C=O) groups is 2. The van der Waals surface area contributed by atoms with E-state index in [1.807, 2.05) is 6.92 Å². The largest absolute Gasteiger partial charge is 0.481 e. The number of nitrogens with zero attached hydrogens (tertiary/aromatic N) is 2. The highest BCUT2D eigenvalue weighted by Gasteiger charge is 2.31. The zero-order valence-corrected chi connectivity index (χ0v) is 11.0. The topological polar surface area (TPSA) is 82.5 Å². The van der Waals surface area contributed by atoms with E-state index in [1.54, 1.807) is 0 Å². The van der Waals surface area contributed by atoms with E-state index >= 15 is 0 Å². The van der Waals surface area contributed by atoms with E-state index in [9.17, 15) is 14.0 Å². The molecular formula is C13H16FN3O3. The highest BCUT2D eigenvalue weighted by molar-refractivity contribution is 5.88. The minimum absolute atomic E-state index is 0.122. The Morgan fingerprint density at radius 1 is 1.45 bits per heavy atom. The Hall–Kier alpha value is -2.18. The van der Waals surface area contributed by atoms with Crippen molar-refractivity contribution in [2.45, 2.75) is 13.3 Å². The summed E-state index contributed by atoms with van der Waals surface area (Å²) in [5.74, 6) is -1.57. The number of urea groups is 1. The Balaban J connectivity index is 2.01. The smallest absolute Gasteiger partial charge is 0.323 e. The lowest BCUT2D eigenvalue weighted by atomic mass is 9.91. The number of rotatable bonds is 2. The predicted molar refractivity (Wildman–Crippen MR) is 69.7 cm³/mol. The molecule has 108 valence electrons. The lowest BCUT2D eigenvalue weighted by molar-refractivity contribution is -0.143. The molecule has 1 saturated heterocycles. The van der Waals surface area contributed by atoms with Crippen LogP contribution in [-0.2, 0) is 4.79 Å². The van der Waals surface area contributed by atoms with Gasteiger partial charge in [-0.3, -0.25) is 10.1 Å². The first kappa shape index (κ1) is 14.2. The molecule has 2 atom stereocenters. The number of aliphatic carboxylic acids is 1. The second kappa shape index (κ2) is 5.85. The number of pyridine rings is 1. The minimum Gasteiger partial charge on any atom is -0.481 e. The quantitative estimate of drug-likeness (QED) is 0.866. The van der Waals surface area contributed by atoms with Crippen molar-refractivity contribution in [3.8, 4) is 0 Å². The number of aromatic nitrogens is 1. The zero-order valence-electron chi connectivity index (χ0n) is 11.0. The predicted octanol–water partition coefficient (Wildman–Crippen LogP) is 1.80. The van der Waals surface area contributed by atoms with Crippen LogP contribution in [0.15, 0.2) is 18.3 Å². The fourth-order valence-corrected chi connectivity index (χ4v) is 2.33. The number of piperidine rings is 1. The fraction of sp³-hybridized carbons (Fsp3) is 0.462. The summed E-state index contributed by atoms with van der Waals surface area (Å²) in [4.78, 5) is 28.3. The van der Waals surface area contributed by atoms with E-state index < -0.39 is 23.7 Å². The molecule has 1 aliphatic rings. The molecule has 2 rings (SSSR count). The molecule has 0 aromatic carbocycles. The maximum atomic E-state index is 12.7. The van der Waals surface area contributed by atoms with Crippen molar-refractivity contribution in [2.24, 2.45) is 11.8 Å². The molecule has 1 aromatic rings. The molecule has 0 bridgehead atoms. The highest BCUT2D eigenvalue weighted by atomic mass is 19.1. The van der Waals surface area contributed by atoms with E-state index in [4.69, 9.17) is 5.11 Å². The summed E-state index contributed by atoms with van der Waals surface area (Å²) >= 11 is 0. The van der Waals surface area contributed by atoms with Gasteiger partial charge in [0.05, 0.1) is 12.1 Å². The molecule has 0 spiro atoms. The van der Waals surface area contributed by atoms with Gasteiger partial charge in [-0.15, -0.1) is 0 Å². The molecule has 1 aliphatic heterocycles. The zero-order chi connectivity index (χ0) is 14.7. The van der Waals surface area contributed by atoms with Gasteiger partial charge in [0.2, 0.25) is 0 Å². The molecule has 0 saturated carbocycles. The number of carbonyl (C=O) groups excluding carboxylic acids is 1. The van der Waals surface area contributed by atoms with Gasteiger partial charge < -0.3 is 10.0 Å². The third-order valence-electron chi connectivity index (χ3n) is 3.26. The number of hydrogen-bond donors (Lipinski definition) is 2. The molecule has 2 N–H and O–H groups in total. The first-order valence-electron chi connectivity index (χ1n) is 6.36. The molecule has 7 heteroatoms. The number of likely N-dealkylation sites (tertiary alicyclic amines) is 1. The van der Waals surface area contributed by atoms with E-state index in [0.717, 1.165) is 6.20 Å². The molecule has 0 aliphatic carbocycles. The number of amides is 2. The van der Waals surface area contributed by atoms with Crippen LogP contribution in [0.3, 0.4) is 0 Å². The maximum absolute atomic E-state index is 12.7. The SMILES string of the molecule is CC1CC(C(=O)O)CN(C(=O)Nc2ccc(F)cn2)C1. The fourth-order valence-electron chi connectivity index (χ4n) is 2.33. The van der Waals surface area contributed by atoms with Crippen LogP contribution in [-0.4, -0.2) is 40.1 Å². The molecule has 1 aromatic heterocycles. The van der Waals surface area contributed by atoms with E-state index in [1.165, 1.54) is 17.0 Å². The molecule has 1 fully saturated rings. The third-order valence-corrected chi connectivity index (χ3v) is 3.26. The lowest BCUT2D eigenvalue weighted by Gasteiger charge is -2.34. The number of carboxylic acid groups (broad SMARTS) is 1. The van der Waals surface area contributed by atoms with E-state index in [2.05, 4.69) is 10.3 Å². The first-order chi connectivity index (χ1) is 9.45. The van der Waals surface area contributed by atoms with Gasteiger partial charge in [-0.05, 0) is 24.5 Å². The summed E-state index contributed by atoms with van der Waals surface area (Å²) in [6.07, 6.45) is 1.57. The van der Waals surface area contributed by atoms with Crippen LogP contribution in [0.5, 0.6) is 0 Å². The molecular weight excluding hydrogens is 265 g/mol.